The molecule has 0 bridgehead atoms. The quantitative estimate of drug-likeness (QED) is 0.149. The molecule has 2 saturated carbocycles. The number of aryl methyl sites for hydroxylation is 9. The maximum atomic E-state index is 9.19. The molecule has 8 aromatic heterocycles. The molecule has 2 aliphatic carbocycles. The molecular weight excluding hydrogens is 1410 g/mol. The maximum absolute atomic E-state index is 9.19. The summed E-state index contributed by atoms with van der Waals surface area (Å²) < 4.78 is 84.1. The van der Waals surface area contributed by atoms with Crippen molar-refractivity contribution in [3.05, 3.63) is 312 Å². The molecule has 0 atom stereocenters. The van der Waals surface area contributed by atoms with E-state index in [4.69, 9.17) is 24.5 Å². The zero-order chi connectivity index (χ0) is 83.7. The van der Waals surface area contributed by atoms with Crippen molar-refractivity contribution in [3.8, 4) is 45.0 Å². The summed E-state index contributed by atoms with van der Waals surface area (Å²) in [5.74, 6) is -1.62. The standard InChI is InChI=1S/C29H28NO.C28H26NO.C26H24NO.C24H20NO/c1-19-22-12-6-7-13-23(22)28-24-14-8-9-15-26(24)31-29(28)27(19)25-18-21(16-17-30(25)2)20-10-4-3-5-11-20;1-18-21-11-5-6-12-22(21)27-23-13-7-8-14-25(23)30-28(27)26(18)24-17-20(15-16-29(24)2)19-9-3-4-10-19;1-16(2)18-13-14-27(4)22(15-18)24-17(3)19-9-5-6-10-20(19)25-21-11-7-8-12-23(21)28-26(24)25;1-15-12-13-20(25(3)14-15)22-16(2)17-8-4-5-9-18(17)23-19-10-6-7-11-21(19)26-24(22)23/h6-9,12-18,20H,3-5,10-11H2,1-2H3;5-8,11-17,19H,3-4,9-10H2,1-2H3;5-16H,1-4H3;4-14H,1-3H3/q4*+1/i20D;19D;16D;1D3. The zero-order valence-electron chi connectivity index (χ0n) is 73.2. The van der Waals surface area contributed by atoms with Gasteiger partial charge in [-0.05, 0) is 190 Å². The largest absolute Gasteiger partial charge is 0.455 e. The Morgan fingerprint density at radius 3 is 0.930 bits per heavy atom. The van der Waals surface area contributed by atoms with E-state index in [9.17, 15) is 1.37 Å². The molecule has 0 N–H and O–H groups in total. The summed E-state index contributed by atoms with van der Waals surface area (Å²) in [6.07, 6.45) is 17.5. The van der Waals surface area contributed by atoms with Gasteiger partial charge < -0.3 is 17.7 Å². The molecule has 8 heteroatoms. The average molecular weight is 1510 g/mol. The van der Waals surface area contributed by atoms with Gasteiger partial charge in [-0.25, -0.2) is 18.3 Å². The number of aromatic nitrogens is 4. The van der Waals surface area contributed by atoms with Crippen molar-refractivity contribution < 1.29 is 44.2 Å². The van der Waals surface area contributed by atoms with E-state index in [1.165, 1.54) is 71.6 Å². The number of furan rings is 4. The monoisotopic (exact) mass is 1510 g/mol. The van der Waals surface area contributed by atoms with Crippen molar-refractivity contribution in [1.29, 1.82) is 0 Å². The maximum Gasteiger partial charge on any atom is 0.216 e. The van der Waals surface area contributed by atoms with Crippen LogP contribution in [0.15, 0.2) is 285 Å². The van der Waals surface area contributed by atoms with Crippen molar-refractivity contribution in [2.75, 3.05) is 0 Å². The van der Waals surface area contributed by atoms with Crippen molar-refractivity contribution in [1.82, 2.24) is 0 Å². The third kappa shape index (κ3) is 12.6. The van der Waals surface area contributed by atoms with Crippen molar-refractivity contribution in [2.24, 2.45) is 28.2 Å². The molecule has 8 nitrogen and oxygen atoms in total. The first-order valence-corrected chi connectivity index (χ1v) is 40.7. The molecule has 0 unspecified atom stereocenters. The summed E-state index contributed by atoms with van der Waals surface area (Å²) in [5.41, 5.74) is 24.1. The molecule has 0 saturated heterocycles. The van der Waals surface area contributed by atoms with Crippen LogP contribution in [-0.2, 0) is 28.2 Å². The Labute approximate surface area is 680 Å². The fourth-order valence-corrected chi connectivity index (χ4v) is 19.0. The number of hydrogen-bond donors (Lipinski definition) is 0. The van der Waals surface area contributed by atoms with E-state index in [1.54, 1.807) is 12.3 Å². The van der Waals surface area contributed by atoms with Crippen LogP contribution in [-0.4, -0.2) is 0 Å². The lowest BCUT2D eigenvalue weighted by Gasteiger charge is -2.22. The van der Waals surface area contributed by atoms with E-state index >= 15 is 0 Å². The first-order chi connectivity index (χ1) is 58.4. The zero-order valence-corrected chi connectivity index (χ0v) is 67.2. The Balaban J connectivity index is 0.000000107. The van der Waals surface area contributed by atoms with E-state index in [1.807, 2.05) is 98.4 Å². The molecule has 12 aromatic carbocycles. The fourth-order valence-electron chi connectivity index (χ4n) is 19.0. The lowest BCUT2D eigenvalue weighted by Crippen LogP contribution is -2.31. The third-order valence-corrected chi connectivity index (χ3v) is 24.9. The summed E-state index contributed by atoms with van der Waals surface area (Å²) in [6.45, 7) is 10.4. The van der Waals surface area contributed by atoms with Crippen LogP contribution in [0.25, 0.3) is 176 Å². The SMILES string of the molecule is [2H]C(C)(C)c1cc[n+](C)c(-c2c(C)c3ccccc3c3c2oc2ccccc23)c1.[2H]C([2H])([2H])c1ccc(-c2c(C)c3ccccc3c3c2oc2ccccc23)[n+](C)c1.[2H]C1(c2cc[n+](C)c(-c3c(C)c4ccccc4c4c3oc3ccccc34)c2)CCCC1.[2H]C1(c2cc[n+](C)c(-c3c(C)c4ccccc4c4c3oc3ccccc34)c2)CCCCC1. The van der Waals surface area contributed by atoms with Gasteiger partial charge in [-0.2, -0.15) is 0 Å². The highest BCUT2D eigenvalue weighted by atomic mass is 16.3. The van der Waals surface area contributed by atoms with Gasteiger partial charge in [0.15, 0.2) is 24.8 Å². The Kier molecular flexibility index (Phi) is 17.1. The number of pyridine rings is 4. The second kappa shape index (κ2) is 29.8. The normalized spacial score (nSPS) is 15.1. The molecule has 20 aromatic rings. The first-order valence-electron chi connectivity index (χ1n) is 43.7. The Hall–Kier alpha value is -12.5. The van der Waals surface area contributed by atoms with Crippen LogP contribution >= 0.6 is 0 Å². The van der Waals surface area contributed by atoms with Crippen LogP contribution in [0.3, 0.4) is 0 Å². The van der Waals surface area contributed by atoms with Gasteiger partial charge in [-0.1, -0.05) is 216 Å². The van der Waals surface area contributed by atoms with Gasteiger partial charge >= 0.3 is 0 Å². The fraction of sp³-hybridized carbons (Fsp3) is 0.215. The molecule has 566 valence electrons. The minimum atomic E-state index is -2.14. The summed E-state index contributed by atoms with van der Waals surface area (Å²) in [7, 11) is 8.13. The van der Waals surface area contributed by atoms with Crippen LogP contribution in [0.5, 0.6) is 0 Å². The Morgan fingerprint density at radius 2 is 0.609 bits per heavy atom. The number of hydrogen-bond acceptors (Lipinski definition) is 4. The van der Waals surface area contributed by atoms with Gasteiger partial charge in [0, 0.05) is 99.3 Å². The van der Waals surface area contributed by atoms with Gasteiger partial charge in [-0.3, -0.25) is 0 Å². The Morgan fingerprint density at radius 1 is 0.322 bits per heavy atom. The molecular formula is C107H98N4O4+4. The van der Waals surface area contributed by atoms with Crippen LogP contribution in [0.2, 0.25) is 0 Å². The predicted octanol–water partition coefficient (Wildman–Crippen LogP) is 27.3. The molecule has 2 fully saturated rings. The average Bonchev–Trinajstić information content (AvgIpc) is 1.65. The number of nitrogens with zero attached hydrogens (tertiary/aromatic N) is 4. The highest BCUT2D eigenvalue weighted by molar-refractivity contribution is 6.27. The first kappa shape index (κ1) is 66.0. The number of benzene rings is 12. The second-order valence-corrected chi connectivity index (χ2v) is 32.0. The number of para-hydroxylation sites is 4. The minimum Gasteiger partial charge on any atom is -0.455 e. The van der Waals surface area contributed by atoms with Crippen LogP contribution in [0, 0.1) is 34.5 Å². The highest BCUT2D eigenvalue weighted by Crippen LogP contribution is 2.49. The summed E-state index contributed by atoms with van der Waals surface area (Å²) in [4.78, 5) is 0. The molecule has 2 aliphatic rings. The van der Waals surface area contributed by atoms with E-state index in [2.05, 4.69) is 245 Å². The predicted molar refractivity (Wildman–Crippen MR) is 476 cm³/mol. The number of rotatable bonds is 7. The van der Waals surface area contributed by atoms with Crippen LogP contribution in [0.4, 0.5) is 0 Å². The van der Waals surface area contributed by atoms with Crippen molar-refractivity contribution in [3.63, 3.8) is 0 Å². The van der Waals surface area contributed by atoms with Crippen molar-refractivity contribution >= 4 is 131 Å². The molecule has 0 radical (unpaired) electrons. The van der Waals surface area contributed by atoms with E-state index in [-0.39, 0.29) is 0 Å². The molecule has 22 rings (SSSR count). The highest BCUT2D eigenvalue weighted by Gasteiger charge is 2.31. The lowest BCUT2D eigenvalue weighted by molar-refractivity contribution is -0.660. The van der Waals surface area contributed by atoms with Crippen molar-refractivity contribution in [2.45, 2.75) is 124 Å². The summed E-state index contributed by atoms with van der Waals surface area (Å²) >= 11 is 0. The third-order valence-electron chi connectivity index (χ3n) is 24.9. The van der Waals surface area contributed by atoms with E-state index in [0.29, 0.717) is 5.56 Å². The van der Waals surface area contributed by atoms with Gasteiger partial charge in [0.1, 0.15) is 72.9 Å². The summed E-state index contributed by atoms with van der Waals surface area (Å²) in [6, 6.07) is 83.7. The smallest absolute Gasteiger partial charge is 0.216 e. The number of fused-ring (bicyclic) bond motifs is 20. The Bertz CT molecular complexity index is 7570. The van der Waals surface area contributed by atoms with Gasteiger partial charge in [0.25, 0.3) is 0 Å². The molecule has 8 heterocycles. The van der Waals surface area contributed by atoms with Crippen LogP contribution in [0.1, 0.15) is 142 Å². The molecule has 0 amide bonds. The topological polar surface area (TPSA) is 68.1 Å². The van der Waals surface area contributed by atoms with Crippen LogP contribution < -0.4 is 18.3 Å². The molecule has 0 spiro atoms. The minimum absolute atomic E-state index is 0.322. The molecule has 115 heavy (non-hydrogen) atoms. The second-order valence-electron chi connectivity index (χ2n) is 32.0. The van der Waals surface area contributed by atoms with Gasteiger partial charge in [-0.15, -0.1) is 0 Å². The summed E-state index contributed by atoms with van der Waals surface area (Å²) in [5, 5.41) is 18.9. The molecule has 0 aliphatic heterocycles. The van der Waals surface area contributed by atoms with E-state index < -0.39 is 24.5 Å². The van der Waals surface area contributed by atoms with Gasteiger partial charge in [0.2, 0.25) is 22.8 Å². The lowest BCUT2D eigenvalue weighted by atomic mass is 9.83. The van der Waals surface area contributed by atoms with E-state index in [0.717, 1.165) is 201 Å². The van der Waals surface area contributed by atoms with Gasteiger partial charge in [0.05, 0.1) is 22.3 Å².